The molecule has 7 heteroatoms. The van der Waals surface area contributed by atoms with Gasteiger partial charge in [0, 0.05) is 38.1 Å². The smallest absolute Gasteiger partial charge is 0.317 e. The number of nitrogens with zero attached hydrogens (tertiary/aromatic N) is 3. The minimum atomic E-state index is -0.849. The molecule has 0 aromatic carbocycles. The van der Waals surface area contributed by atoms with Crippen molar-refractivity contribution in [3.05, 3.63) is 18.5 Å². The molecule has 1 fully saturated rings. The Kier molecular flexibility index (Phi) is 5.59. The van der Waals surface area contributed by atoms with Crippen molar-refractivity contribution in [1.29, 1.82) is 0 Å². The lowest BCUT2D eigenvalue weighted by molar-refractivity contribution is -0.138. The molecule has 1 aliphatic rings. The van der Waals surface area contributed by atoms with Gasteiger partial charge in [-0.1, -0.05) is 0 Å². The van der Waals surface area contributed by atoms with Crippen molar-refractivity contribution in [2.24, 2.45) is 0 Å². The van der Waals surface area contributed by atoms with Crippen LogP contribution in [0.3, 0.4) is 0 Å². The van der Waals surface area contributed by atoms with Crippen molar-refractivity contribution in [1.82, 2.24) is 20.0 Å². The summed E-state index contributed by atoms with van der Waals surface area (Å²) in [5, 5.41) is 15.9. The third kappa shape index (κ3) is 4.77. The van der Waals surface area contributed by atoms with E-state index >= 15 is 0 Å². The van der Waals surface area contributed by atoms with Gasteiger partial charge in [0.1, 0.15) is 0 Å². The third-order valence-electron chi connectivity index (χ3n) is 3.70. The molecule has 2 rings (SSSR count). The summed E-state index contributed by atoms with van der Waals surface area (Å²) in [7, 11) is 0. The Morgan fingerprint density at radius 3 is 2.95 bits per heavy atom. The molecule has 0 saturated carbocycles. The SMILES string of the molecule is O=C(O)CC1CCCCN1C(=O)NCCCn1cccn1. The highest BCUT2D eigenvalue weighted by Crippen LogP contribution is 2.19. The molecule has 2 heterocycles. The molecule has 2 N–H and O–H groups in total. The standard InChI is InChI=1S/C14H22N4O3/c19-13(20)11-12-5-1-2-10-18(12)14(21)15-6-3-8-17-9-4-7-16-17/h4,7,9,12H,1-3,5-6,8,10-11H2,(H,15,21)(H,19,20). The van der Waals surface area contributed by atoms with Gasteiger partial charge in [0.05, 0.1) is 6.42 Å². The predicted octanol–water partition coefficient (Wildman–Crippen LogP) is 1.31. The van der Waals surface area contributed by atoms with E-state index in [-0.39, 0.29) is 18.5 Å². The van der Waals surface area contributed by atoms with E-state index in [1.165, 1.54) is 0 Å². The number of carboxylic acid groups (broad SMARTS) is 1. The van der Waals surface area contributed by atoms with Crippen LogP contribution in [0.5, 0.6) is 0 Å². The molecule has 1 aliphatic heterocycles. The van der Waals surface area contributed by atoms with Gasteiger partial charge in [-0.15, -0.1) is 0 Å². The van der Waals surface area contributed by atoms with Crippen molar-refractivity contribution < 1.29 is 14.7 Å². The zero-order valence-electron chi connectivity index (χ0n) is 12.1. The number of carboxylic acids is 1. The van der Waals surface area contributed by atoms with Crippen molar-refractivity contribution in [2.75, 3.05) is 13.1 Å². The summed E-state index contributed by atoms with van der Waals surface area (Å²) in [5.41, 5.74) is 0. The monoisotopic (exact) mass is 294 g/mol. The maximum Gasteiger partial charge on any atom is 0.317 e. The van der Waals surface area contributed by atoms with Gasteiger partial charge in [0.15, 0.2) is 0 Å². The highest BCUT2D eigenvalue weighted by Gasteiger charge is 2.28. The number of likely N-dealkylation sites (tertiary alicyclic amines) is 1. The molecule has 1 saturated heterocycles. The summed E-state index contributed by atoms with van der Waals surface area (Å²) < 4.78 is 1.82. The number of carbonyl (C=O) groups is 2. The summed E-state index contributed by atoms with van der Waals surface area (Å²) >= 11 is 0. The van der Waals surface area contributed by atoms with Crippen LogP contribution >= 0.6 is 0 Å². The number of aliphatic carboxylic acids is 1. The van der Waals surface area contributed by atoms with E-state index in [1.54, 1.807) is 11.1 Å². The van der Waals surface area contributed by atoms with E-state index in [0.717, 1.165) is 32.2 Å². The Labute approximate surface area is 123 Å². The maximum absolute atomic E-state index is 12.2. The van der Waals surface area contributed by atoms with Gasteiger partial charge in [-0.3, -0.25) is 9.48 Å². The van der Waals surface area contributed by atoms with E-state index in [1.807, 2.05) is 16.9 Å². The summed E-state index contributed by atoms with van der Waals surface area (Å²) in [6.45, 7) is 1.96. The van der Waals surface area contributed by atoms with Crippen LogP contribution in [0.15, 0.2) is 18.5 Å². The number of hydrogen-bond donors (Lipinski definition) is 2. The number of aromatic nitrogens is 2. The summed E-state index contributed by atoms with van der Waals surface area (Å²) in [6, 6.07) is 1.53. The minimum Gasteiger partial charge on any atom is -0.481 e. The quantitative estimate of drug-likeness (QED) is 0.774. The lowest BCUT2D eigenvalue weighted by atomic mass is 10.00. The maximum atomic E-state index is 12.2. The van der Waals surface area contributed by atoms with E-state index in [9.17, 15) is 9.59 Å². The van der Waals surface area contributed by atoms with Crippen molar-refractivity contribution >= 4 is 12.0 Å². The second-order valence-corrected chi connectivity index (χ2v) is 5.30. The molecule has 1 atom stereocenters. The first-order valence-corrected chi connectivity index (χ1v) is 7.40. The molecule has 1 unspecified atom stereocenters. The summed E-state index contributed by atoms with van der Waals surface area (Å²) in [6.07, 6.45) is 7.13. The zero-order valence-corrected chi connectivity index (χ0v) is 12.1. The molecule has 2 amide bonds. The van der Waals surface area contributed by atoms with Gasteiger partial charge in [0.2, 0.25) is 0 Å². The summed E-state index contributed by atoms with van der Waals surface area (Å²) in [5.74, 6) is -0.849. The highest BCUT2D eigenvalue weighted by atomic mass is 16.4. The average Bonchev–Trinajstić information content (AvgIpc) is 2.96. The highest BCUT2D eigenvalue weighted by molar-refractivity contribution is 5.76. The molecule has 1 aromatic rings. The second kappa shape index (κ2) is 7.66. The molecule has 0 radical (unpaired) electrons. The van der Waals surface area contributed by atoms with Crippen molar-refractivity contribution in [3.8, 4) is 0 Å². The van der Waals surface area contributed by atoms with Gasteiger partial charge in [-0.25, -0.2) is 4.79 Å². The number of hydrogen-bond acceptors (Lipinski definition) is 3. The molecular weight excluding hydrogens is 272 g/mol. The molecule has 0 spiro atoms. The largest absolute Gasteiger partial charge is 0.481 e. The molecule has 21 heavy (non-hydrogen) atoms. The molecular formula is C14H22N4O3. The Bertz CT molecular complexity index is 461. The third-order valence-corrected chi connectivity index (χ3v) is 3.70. The first kappa shape index (κ1) is 15.3. The van der Waals surface area contributed by atoms with Gasteiger partial charge in [-0.2, -0.15) is 5.10 Å². The Hall–Kier alpha value is -2.05. The van der Waals surface area contributed by atoms with E-state index in [0.29, 0.717) is 13.1 Å². The molecule has 1 aromatic heterocycles. The fourth-order valence-corrected chi connectivity index (χ4v) is 2.65. The van der Waals surface area contributed by atoms with Crippen LogP contribution in [-0.4, -0.2) is 50.9 Å². The number of aryl methyl sites for hydroxylation is 1. The Balaban J connectivity index is 1.73. The molecule has 7 nitrogen and oxygen atoms in total. The van der Waals surface area contributed by atoms with E-state index < -0.39 is 5.97 Å². The summed E-state index contributed by atoms with van der Waals surface area (Å²) in [4.78, 5) is 24.7. The number of rotatable bonds is 6. The fourth-order valence-electron chi connectivity index (χ4n) is 2.65. The number of amides is 2. The van der Waals surface area contributed by atoms with Crippen LogP contribution in [-0.2, 0) is 11.3 Å². The lowest BCUT2D eigenvalue weighted by Crippen LogP contribution is -2.49. The minimum absolute atomic E-state index is 0.0285. The van der Waals surface area contributed by atoms with Crippen LogP contribution in [0.2, 0.25) is 0 Å². The van der Waals surface area contributed by atoms with Gasteiger partial charge >= 0.3 is 12.0 Å². The number of carbonyl (C=O) groups excluding carboxylic acids is 1. The zero-order chi connectivity index (χ0) is 15.1. The Morgan fingerprint density at radius 1 is 1.38 bits per heavy atom. The lowest BCUT2D eigenvalue weighted by Gasteiger charge is -2.34. The predicted molar refractivity (Wildman–Crippen MR) is 76.8 cm³/mol. The van der Waals surface area contributed by atoms with Crippen LogP contribution < -0.4 is 5.32 Å². The first-order chi connectivity index (χ1) is 10.2. The number of urea groups is 1. The first-order valence-electron chi connectivity index (χ1n) is 7.40. The Morgan fingerprint density at radius 2 is 2.24 bits per heavy atom. The molecule has 116 valence electrons. The normalized spacial score (nSPS) is 18.5. The van der Waals surface area contributed by atoms with Crippen LogP contribution in [0.25, 0.3) is 0 Å². The van der Waals surface area contributed by atoms with Gasteiger partial charge in [-0.05, 0) is 31.7 Å². The van der Waals surface area contributed by atoms with Crippen LogP contribution in [0.4, 0.5) is 4.79 Å². The van der Waals surface area contributed by atoms with Crippen LogP contribution in [0.1, 0.15) is 32.1 Å². The van der Waals surface area contributed by atoms with Gasteiger partial charge in [0.25, 0.3) is 0 Å². The second-order valence-electron chi connectivity index (χ2n) is 5.30. The topological polar surface area (TPSA) is 87.5 Å². The van der Waals surface area contributed by atoms with E-state index in [4.69, 9.17) is 5.11 Å². The van der Waals surface area contributed by atoms with Crippen molar-refractivity contribution in [2.45, 2.75) is 44.7 Å². The van der Waals surface area contributed by atoms with E-state index in [2.05, 4.69) is 10.4 Å². The number of piperidine rings is 1. The van der Waals surface area contributed by atoms with Crippen molar-refractivity contribution in [3.63, 3.8) is 0 Å². The molecule has 0 bridgehead atoms. The van der Waals surface area contributed by atoms with Crippen LogP contribution in [0, 0.1) is 0 Å². The van der Waals surface area contributed by atoms with Gasteiger partial charge < -0.3 is 15.3 Å². The average molecular weight is 294 g/mol. The fraction of sp³-hybridized carbons (Fsp3) is 0.643. The number of nitrogens with one attached hydrogen (secondary N) is 1. The molecule has 0 aliphatic carbocycles.